The van der Waals surface area contributed by atoms with Crippen molar-refractivity contribution in [2.24, 2.45) is 0 Å². The number of benzene rings is 2. The molecule has 0 unspecified atom stereocenters. The maximum atomic E-state index is 11.9. The van der Waals surface area contributed by atoms with Crippen molar-refractivity contribution in [2.75, 3.05) is 13.1 Å². The van der Waals surface area contributed by atoms with Crippen molar-refractivity contribution < 1.29 is 9.59 Å². The average molecular weight is 364 g/mol. The molecule has 0 spiro atoms. The van der Waals surface area contributed by atoms with E-state index in [1.54, 1.807) is 12.1 Å². The normalized spacial score (nSPS) is 10.7. The molecule has 0 aliphatic rings. The maximum Gasteiger partial charge on any atom is 0.251 e. The Morgan fingerprint density at radius 1 is 0.889 bits per heavy atom. The molecule has 0 aliphatic carbocycles. The van der Waals surface area contributed by atoms with Gasteiger partial charge in [-0.2, -0.15) is 0 Å². The maximum absolute atomic E-state index is 11.9. The SMILES string of the molecule is O=C(CCCNC(=O)c1ccccc1)NCCCn1cnc2ccccc21. The third kappa shape index (κ3) is 5.41. The monoisotopic (exact) mass is 364 g/mol. The first-order valence-electron chi connectivity index (χ1n) is 9.24. The van der Waals surface area contributed by atoms with E-state index in [0.29, 0.717) is 31.5 Å². The Morgan fingerprint density at radius 3 is 2.48 bits per heavy atom. The number of fused-ring (bicyclic) bond motifs is 1. The van der Waals surface area contributed by atoms with Gasteiger partial charge in [-0.05, 0) is 37.1 Å². The average Bonchev–Trinajstić information content (AvgIpc) is 3.12. The Bertz CT molecular complexity index is 889. The number of nitrogens with zero attached hydrogens (tertiary/aromatic N) is 2. The minimum Gasteiger partial charge on any atom is -0.356 e. The Kier molecular flexibility index (Phi) is 6.57. The molecule has 0 atom stereocenters. The van der Waals surface area contributed by atoms with Gasteiger partial charge in [0, 0.05) is 31.6 Å². The van der Waals surface area contributed by atoms with Crippen LogP contribution in [0.5, 0.6) is 0 Å². The lowest BCUT2D eigenvalue weighted by molar-refractivity contribution is -0.121. The molecule has 1 heterocycles. The summed E-state index contributed by atoms with van der Waals surface area (Å²) in [5.41, 5.74) is 2.73. The van der Waals surface area contributed by atoms with Crippen LogP contribution in [0.15, 0.2) is 60.9 Å². The lowest BCUT2D eigenvalue weighted by atomic mass is 10.2. The van der Waals surface area contributed by atoms with Crippen LogP contribution < -0.4 is 10.6 Å². The van der Waals surface area contributed by atoms with Crippen LogP contribution in [0.4, 0.5) is 0 Å². The zero-order valence-corrected chi connectivity index (χ0v) is 15.2. The van der Waals surface area contributed by atoms with E-state index < -0.39 is 0 Å². The molecule has 6 heteroatoms. The molecule has 0 bridgehead atoms. The largest absolute Gasteiger partial charge is 0.356 e. The van der Waals surface area contributed by atoms with Gasteiger partial charge in [-0.1, -0.05) is 30.3 Å². The number of aryl methyl sites for hydroxylation is 1. The summed E-state index contributed by atoms with van der Waals surface area (Å²) in [7, 11) is 0. The standard InChI is InChI=1S/C21H24N4O2/c26-20(12-6-13-23-21(27)17-8-2-1-3-9-17)22-14-7-15-25-16-24-18-10-4-5-11-19(18)25/h1-5,8-11,16H,6-7,12-15H2,(H,22,26)(H,23,27). The molecule has 2 N–H and O–H groups in total. The van der Waals surface area contributed by atoms with Crippen molar-refractivity contribution in [3.05, 3.63) is 66.5 Å². The number of carbonyl (C=O) groups is 2. The van der Waals surface area contributed by atoms with E-state index in [2.05, 4.69) is 20.2 Å². The minimum atomic E-state index is -0.108. The van der Waals surface area contributed by atoms with Gasteiger partial charge in [0.15, 0.2) is 0 Å². The summed E-state index contributed by atoms with van der Waals surface area (Å²) in [6.07, 6.45) is 3.71. The fourth-order valence-corrected chi connectivity index (χ4v) is 2.90. The van der Waals surface area contributed by atoms with E-state index in [1.165, 1.54) is 0 Å². The van der Waals surface area contributed by atoms with Gasteiger partial charge in [0.1, 0.15) is 0 Å². The van der Waals surface area contributed by atoms with E-state index in [1.807, 2.05) is 48.8 Å². The summed E-state index contributed by atoms with van der Waals surface area (Å²) >= 11 is 0. The van der Waals surface area contributed by atoms with Crippen molar-refractivity contribution >= 4 is 22.8 Å². The van der Waals surface area contributed by atoms with E-state index in [-0.39, 0.29) is 11.8 Å². The third-order valence-electron chi connectivity index (χ3n) is 4.33. The Hall–Kier alpha value is -3.15. The first-order valence-corrected chi connectivity index (χ1v) is 9.24. The molecule has 3 rings (SSSR count). The van der Waals surface area contributed by atoms with E-state index in [9.17, 15) is 9.59 Å². The highest BCUT2D eigenvalue weighted by atomic mass is 16.2. The first-order chi connectivity index (χ1) is 13.2. The molecule has 2 aromatic carbocycles. The summed E-state index contributed by atoms with van der Waals surface area (Å²) < 4.78 is 2.10. The fourth-order valence-electron chi connectivity index (χ4n) is 2.90. The second kappa shape index (κ2) is 9.52. The minimum absolute atomic E-state index is 0.0134. The molecule has 0 fully saturated rings. The lowest BCUT2D eigenvalue weighted by Crippen LogP contribution is -2.28. The summed E-state index contributed by atoms with van der Waals surface area (Å²) in [6, 6.07) is 17.1. The second-order valence-corrected chi connectivity index (χ2v) is 6.36. The molecule has 6 nitrogen and oxygen atoms in total. The summed E-state index contributed by atoms with van der Waals surface area (Å²) in [5, 5.41) is 5.76. The van der Waals surface area contributed by atoms with Crippen LogP contribution in [0.1, 0.15) is 29.6 Å². The van der Waals surface area contributed by atoms with Gasteiger partial charge in [0.2, 0.25) is 5.91 Å². The zero-order chi connectivity index (χ0) is 18.9. The Morgan fingerprint density at radius 2 is 1.63 bits per heavy atom. The first kappa shape index (κ1) is 18.6. The van der Waals surface area contributed by atoms with E-state index >= 15 is 0 Å². The number of rotatable bonds is 9. The molecular weight excluding hydrogens is 340 g/mol. The topological polar surface area (TPSA) is 76.0 Å². The van der Waals surface area contributed by atoms with Crippen LogP contribution in [0.25, 0.3) is 11.0 Å². The fraction of sp³-hybridized carbons (Fsp3) is 0.286. The van der Waals surface area contributed by atoms with Gasteiger partial charge in [0.25, 0.3) is 5.91 Å². The molecule has 3 aromatic rings. The number of carbonyl (C=O) groups excluding carboxylic acids is 2. The predicted octanol–water partition coefficient (Wildman–Crippen LogP) is 2.75. The number of hydrogen-bond acceptors (Lipinski definition) is 3. The van der Waals surface area contributed by atoms with Crippen molar-refractivity contribution in [3.8, 4) is 0 Å². The quantitative estimate of drug-likeness (QED) is 0.573. The molecule has 0 saturated heterocycles. The molecule has 0 saturated carbocycles. The Labute approximate surface area is 158 Å². The van der Waals surface area contributed by atoms with Gasteiger partial charge in [0.05, 0.1) is 17.4 Å². The van der Waals surface area contributed by atoms with Gasteiger partial charge in [-0.3, -0.25) is 9.59 Å². The molecule has 1 aromatic heterocycles. The van der Waals surface area contributed by atoms with Crippen LogP contribution in [0.2, 0.25) is 0 Å². The highest BCUT2D eigenvalue weighted by Crippen LogP contribution is 2.11. The number of imidazole rings is 1. The van der Waals surface area contributed by atoms with Crippen LogP contribution in [0.3, 0.4) is 0 Å². The number of amides is 2. The number of nitrogens with one attached hydrogen (secondary N) is 2. The lowest BCUT2D eigenvalue weighted by Gasteiger charge is -2.07. The van der Waals surface area contributed by atoms with Crippen molar-refractivity contribution in [1.82, 2.24) is 20.2 Å². The third-order valence-corrected chi connectivity index (χ3v) is 4.33. The van der Waals surface area contributed by atoms with Gasteiger partial charge >= 0.3 is 0 Å². The number of aromatic nitrogens is 2. The highest BCUT2D eigenvalue weighted by molar-refractivity contribution is 5.94. The van der Waals surface area contributed by atoms with Gasteiger partial charge in [-0.15, -0.1) is 0 Å². The van der Waals surface area contributed by atoms with Crippen LogP contribution in [0, 0.1) is 0 Å². The molecule has 2 amide bonds. The second-order valence-electron chi connectivity index (χ2n) is 6.36. The molecule has 0 aliphatic heterocycles. The van der Waals surface area contributed by atoms with Crippen LogP contribution in [-0.2, 0) is 11.3 Å². The highest BCUT2D eigenvalue weighted by Gasteiger charge is 2.05. The molecule has 140 valence electrons. The summed E-state index contributed by atoms with van der Waals surface area (Å²) in [5.74, 6) is -0.0944. The number of hydrogen-bond donors (Lipinski definition) is 2. The zero-order valence-electron chi connectivity index (χ0n) is 15.2. The number of para-hydroxylation sites is 2. The smallest absolute Gasteiger partial charge is 0.251 e. The Balaban J connectivity index is 1.28. The van der Waals surface area contributed by atoms with Gasteiger partial charge < -0.3 is 15.2 Å². The summed E-state index contributed by atoms with van der Waals surface area (Å²) in [6.45, 7) is 1.93. The molecule has 0 radical (unpaired) electrons. The van der Waals surface area contributed by atoms with Gasteiger partial charge in [-0.25, -0.2) is 4.98 Å². The van der Waals surface area contributed by atoms with Crippen molar-refractivity contribution in [1.29, 1.82) is 0 Å². The van der Waals surface area contributed by atoms with Crippen molar-refractivity contribution in [3.63, 3.8) is 0 Å². The van der Waals surface area contributed by atoms with Crippen molar-refractivity contribution in [2.45, 2.75) is 25.8 Å². The molecular formula is C21H24N4O2. The van der Waals surface area contributed by atoms with Crippen LogP contribution in [-0.4, -0.2) is 34.5 Å². The van der Waals surface area contributed by atoms with E-state index in [4.69, 9.17) is 0 Å². The predicted molar refractivity (Wildman–Crippen MR) is 105 cm³/mol. The van der Waals surface area contributed by atoms with E-state index in [0.717, 1.165) is 24.0 Å². The molecule has 27 heavy (non-hydrogen) atoms. The van der Waals surface area contributed by atoms with Crippen LogP contribution >= 0.6 is 0 Å². The summed E-state index contributed by atoms with van der Waals surface area (Å²) in [4.78, 5) is 28.1.